The van der Waals surface area contributed by atoms with Gasteiger partial charge in [0.15, 0.2) is 19.7 Å². The normalized spacial score (nSPS) is 11.6. The van der Waals surface area contributed by atoms with Crippen LogP contribution in [0.5, 0.6) is 0 Å². The number of amides is 6. The van der Waals surface area contributed by atoms with Gasteiger partial charge in [-0.15, -0.1) is 34.0 Å². The molecule has 6 aromatic carbocycles. The molecule has 0 aliphatic carbocycles. The van der Waals surface area contributed by atoms with Gasteiger partial charge in [0.2, 0.25) is 17.8 Å². The number of hydrogen-bond donors (Lipinski definition) is 9. The van der Waals surface area contributed by atoms with Crippen LogP contribution in [0.3, 0.4) is 0 Å². The third-order valence-electron chi connectivity index (χ3n) is 15.3. The van der Waals surface area contributed by atoms with E-state index in [9.17, 15) is 40.0 Å². The maximum Gasteiger partial charge on any atom is 0.323 e. The second kappa shape index (κ2) is 32.4. The van der Waals surface area contributed by atoms with Crippen LogP contribution >= 0.6 is 34.0 Å². The lowest BCUT2D eigenvalue weighted by Gasteiger charge is -2.13. The number of nitrogens with zero attached hydrogens (tertiary/aromatic N) is 9. The number of anilines is 9. The number of carbonyl (C=O) groups is 3. The molecule has 0 bridgehead atoms. The predicted octanol–water partition coefficient (Wildman–Crippen LogP) is 16.8. The number of urea groups is 3. The van der Waals surface area contributed by atoms with Crippen molar-refractivity contribution in [1.29, 1.82) is 0 Å². The van der Waals surface area contributed by atoms with Crippen molar-refractivity contribution in [2.24, 2.45) is 0 Å². The molecule has 0 atom stereocenters. The molecule has 0 unspecified atom stereocenters. The van der Waals surface area contributed by atoms with Crippen LogP contribution in [0.15, 0.2) is 186 Å². The first-order chi connectivity index (χ1) is 50.5. The molecule has 25 nitrogen and oxygen atoms in total. The van der Waals surface area contributed by atoms with Gasteiger partial charge in [-0.05, 0) is 132 Å². The third kappa shape index (κ3) is 20.5. The summed E-state index contributed by atoms with van der Waals surface area (Å²) in [7, 11) is -6.61. The van der Waals surface area contributed by atoms with E-state index in [0.717, 1.165) is 64.7 Å². The van der Waals surface area contributed by atoms with Gasteiger partial charge in [-0.25, -0.2) is 84.9 Å². The Morgan fingerprint density at radius 3 is 1.05 bits per heavy atom. The Labute approximate surface area is 629 Å². The summed E-state index contributed by atoms with van der Waals surface area (Å²) in [6.45, 7) is 20.4. The fraction of sp³-hybridized carbons (Fsp3) is 0.200. The van der Waals surface area contributed by atoms with Crippen molar-refractivity contribution in [3.63, 3.8) is 0 Å². The van der Waals surface area contributed by atoms with Gasteiger partial charge < -0.3 is 49.1 Å². The number of sulfone groups is 2. The highest BCUT2D eigenvalue weighted by molar-refractivity contribution is 7.91. The Morgan fingerprint density at radius 2 is 0.738 bits per heavy atom. The second-order valence-corrected chi connectivity index (χ2v) is 34.4. The molecule has 32 heteroatoms. The summed E-state index contributed by atoms with van der Waals surface area (Å²) in [6.07, 6.45) is 5.91. The van der Waals surface area contributed by atoms with E-state index in [4.69, 9.17) is 32.2 Å². The van der Waals surface area contributed by atoms with Crippen molar-refractivity contribution in [2.75, 3.05) is 61.1 Å². The zero-order chi connectivity index (χ0) is 77.3. The molecule has 0 aliphatic heterocycles. The highest BCUT2D eigenvalue weighted by atomic mass is 32.2. The Hall–Kier alpha value is -11.6. The Kier molecular flexibility index (Phi) is 23.6. The van der Waals surface area contributed by atoms with Crippen LogP contribution in [0.2, 0.25) is 0 Å². The minimum Gasteiger partial charge on any atom is -0.368 e. The average molecular weight is 1540 g/mol. The van der Waals surface area contributed by atoms with E-state index in [0.29, 0.717) is 68.7 Å². The quantitative estimate of drug-likeness (QED) is 0.0460. The van der Waals surface area contributed by atoms with E-state index >= 15 is 0 Å². The molecule has 107 heavy (non-hydrogen) atoms. The largest absolute Gasteiger partial charge is 0.368 e. The molecule has 6 heterocycles. The smallest absolute Gasteiger partial charge is 0.323 e. The van der Waals surface area contributed by atoms with Crippen LogP contribution in [0.4, 0.5) is 75.1 Å². The number of hydrogen-bond acceptors (Lipinski definition) is 22. The first kappa shape index (κ1) is 78.0. The van der Waals surface area contributed by atoms with Crippen LogP contribution in [-0.2, 0) is 35.9 Å². The van der Waals surface area contributed by atoms with Gasteiger partial charge in [0.05, 0.1) is 68.0 Å². The molecule has 0 fully saturated rings. The lowest BCUT2D eigenvalue weighted by atomic mass is 9.98. The van der Waals surface area contributed by atoms with Gasteiger partial charge in [0.25, 0.3) is 0 Å². The van der Waals surface area contributed by atoms with Crippen molar-refractivity contribution in [2.45, 2.75) is 95.3 Å². The number of halogens is 2. The summed E-state index contributed by atoms with van der Waals surface area (Å²) in [4.78, 5) is 80.2. The molecule has 6 aromatic heterocycles. The van der Waals surface area contributed by atoms with Crippen LogP contribution in [0.25, 0.3) is 65.5 Å². The molecule has 12 rings (SSSR count). The van der Waals surface area contributed by atoms with Crippen molar-refractivity contribution < 1.29 is 40.0 Å². The molecule has 0 saturated heterocycles. The molecular weight excluding hydrogens is 1460 g/mol. The molecule has 0 aliphatic rings. The van der Waals surface area contributed by atoms with E-state index in [1.165, 1.54) is 47.7 Å². The molecule has 552 valence electrons. The third-order valence-corrected chi connectivity index (χ3v) is 22.7. The molecule has 0 radical (unpaired) electrons. The topological polar surface area (TPSA) is 386 Å². The van der Waals surface area contributed by atoms with Crippen LogP contribution in [-0.4, -0.2) is 91.8 Å². The zero-order valence-electron chi connectivity index (χ0n) is 59.9. The Balaban J connectivity index is 0.000000172. The fourth-order valence-electron chi connectivity index (χ4n) is 9.92. The standard InChI is InChI=1S/C26H28N6O3S2.C25H26N6O3S2.C24H22F2N6OS/c1-5-37(34,35)19-11-9-17(10-12-19)29-25(33)30-18-8-6-7-16(15-18)22-21(20-13-14-28-24(27)31-20)32-23(36-22)26(2,3)4;1-25(2,3)22-31-20(19-12-13-27-23(26)30-19)21(35-22)15-6-5-7-17(14-15)29-24(32)28-16-8-10-18(11-9-16)36(4,33)34;1-24(2,3)21-32-19(18-9-10-28-22(27)30-18)20(34-21)13-5-4-6-15(11-13)29-23(33)31-17-8-7-14(25)12-16(17)26/h6-15H,5H2,1-4H3,(H2,27,28,31)(H2,29,30,33);5-14H,1-4H3,(H2,26,27,30)(H2,28,29,32);4-12H,1-3H3,(H2,27,28,30)(H2,29,31,33). The van der Waals surface area contributed by atoms with Crippen molar-refractivity contribution >= 4 is 124 Å². The van der Waals surface area contributed by atoms with Crippen LogP contribution in [0, 0.1) is 11.6 Å². The first-order valence-corrected chi connectivity index (χ1v) is 38.9. The van der Waals surface area contributed by atoms with Gasteiger partial charge in [0, 0.05) is 75.6 Å². The van der Waals surface area contributed by atoms with Gasteiger partial charge in [-0.1, -0.05) is 106 Å². The van der Waals surface area contributed by atoms with Gasteiger partial charge >= 0.3 is 18.1 Å². The Bertz CT molecular complexity index is 5510. The molecule has 6 amide bonds. The summed E-state index contributed by atoms with van der Waals surface area (Å²) < 4.78 is 74.2. The van der Waals surface area contributed by atoms with Gasteiger partial charge in [-0.2, -0.15) is 0 Å². The second-order valence-electron chi connectivity index (χ2n) is 27.1. The summed E-state index contributed by atoms with van der Waals surface area (Å²) in [5.41, 5.74) is 25.8. The number of nitrogens with one attached hydrogen (secondary N) is 6. The number of nitrogen functional groups attached to an aromatic ring is 3. The highest BCUT2D eigenvalue weighted by Crippen LogP contribution is 2.44. The number of thiazole rings is 3. The predicted molar refractivity (Wildman–Crippen MR) is 423 cm³/mol. The fourth-order valence-corrected chi connectivity index (χ4v) is 14.8. The molecular formula is C75H76F2N18O7S5. The van der Waals surface area contributed by atoms with E-state index in [1.54, 1.807) is 109 Å². The SMILES string of the molecule is CC(C)(C)c1nc(-c2ccnc(N)n2)c(-c2cccc(NC(=O)Nc3ccc(F)cc3F)c2)s1.CC(C)(C)c1nc(-c2ccnc(N)n2)c(-c2cccc(NC(=O)Nc3ccc(S(C)(=O)=O)cc3)c2)s1.CCS(=O)(=O)c1ccc(NC(=O)Nc2cccc(-c3sc(C(C)(C)C)nc3-c3ccnc(N)n3)c2)cc1. The number of aromatic nitrogens is 9. The number of rotatable bonds is 15. The maximum absolute atomic E-state index is 13.9. The van der Waals surface area contributed by atoms with Gasteiger partial charge in [0.1, 0.15) is 28.7 Å². The van der Waals surface area contributed by atoms with Crippen molar-refractivity contribution in [3.05, 3.63) is 203 Å². The number of nitrogens with two attached hydrogens (primary N) is 3. The highest BCUT2D eigenvalue weighted by Gasteiger charge is 2.28. The summed E-state index contributed by atoms with van der Waals surface area (Å²) in [5, 5.41) is 18.9. The molecule has 12 N–H and O–H groups in total. The maximum atomic E-state index is 13.9. The lowest BCUT2D eigenvalue weighted by molar-refractivity contribution is 0.261. The van der Waals surface area contributed by atoms with E-state index < -0.39 is 49.4 Å². The number of carbonyl (C=O) groups excluding carboxylic acids is 3. The molecule has 0 spiro atoms. The summed E-state index contributed by atoms with van der Waals surface area (Å²) >= 11 is 4.66. The summed E-state index contributed by atoms with van der Waals surface area (Å²) in [5.74, 6) is -1.09. The average Bonchev–Trinajstić information content (AvgIpc) is 1.66. The Morgan fingerprint density at radius 1 is 0.411 bits per heavy atom. The zero-order valence-corrected chi connectivity index (χ0v) is 63.9. The van der Waals surface area contributed by atoms with E-state index in [-0.39, 0.29) is 55.3 Å². The summed E-state index contributed by atoms with van der Waals surface area (Å²) in [6, 6.07) is 40.8. The van der Waals surface area contributed by atoms with Crippen molar-refractivity contribution in [3.8, 4) is 65.5 Å². The van der Waals surface area contributed by atoms with Crippen LogP contribution in [0.1, 0.15) is 84.3 Å². The first-order valence-electron chi connectivity index (χ1n) is 32.9. The van der Waals surface area contributed by atoms with Gasteiger partial charge in [-0.3, -0.25) is 0 Å². The minimum atomic E-state index is -3.31. The minimum absolute atomic E-state index is 0.0138. The monoisotopic (exact) mass is 1540 g/mol. The van der Waals surface area contributed by atoms with E-state index in [1.807, 2.05) is 42.5 Å². The number of benzene rings is 6. The molecule has 0 saturated carbocycles. The van der Waals surface area contributed by atoms with Crippen LogP contribution < -0.4 is 49.1 Å². The van der Waals surface area contributed by atoms with Crippen molar-refractivity contribution in [1.82, 2.24) is 44.9 Å². The molecule has 12 aromatic rings. The lowest BCUT2D eigenvalue weighted by Crippen LogP contribution is -2.20. The van der Waals surface area contributed by atoms with E-state index in [2.05, 4.69) is 124 Å².